The highest BCUT2D eigenvalue weighted by Gasteiger charge is 2.42. The molecule has 0 unspecified atom stereocenters. The molecule has 26 heavy (non-hydrogen) atoms. The highest BCUT2D eigenvalue weighted by Crippen LogP contribution is 2.34. The quantitative estimate of drug-likeness (QED) is 0.716. The van der Waals surface area contributed by atoms with Crippen molar-refractivity contribution in [2.45, 2.75) is 50.7 Å². The fourth-order valence-electron chi connectivity index (χ4n) is 4.29. The lowest BCUT2D eigenvalue weighted by Gasteiger charge is -2.39. The summed E-state index contributed by atoms with van der Waals surface area (Å²) in [6.45, 7) is 4.05. The maximum atomic E-state index is 12.8. The van der Waals surface area contributed by atoms with Gasteiger partial charge in [0.2, 0.25) is 11.8 Å². The van der Waals surface area contributed by atoms with Crippen LogP contribution in [-0.2, 0) is 23.8 Å². The first-order valence-corrected chi connectivity index (χ1v) is 9.97. The van der Waals surface area contributed by atoms with E-state index in [0.29, 0.717) is 39.5 Å². The molecule has 0 aromatic rings. The Morgan fingerprint density at radius 2 is 1.69 bits per heavy atom. The Kier molecular flexibility index (Phi) is 6.89. The summed E-state index contributed by atoms with van der Waals surface area (Å²) in [5.74, 6) is 0.0489. The molecule has 1 spiro atoms. The van der Waals surface area contributed by atoms with Crippen LogP contribution in [0.4, 0.5) is 0 Å². The second-order valence-corrected chi connectivity index (χ2v) is 7.62. The van der Waals surface area contributed by atoms with E-state index in [0.717, 1.165) is 44.9 Å². The maximum absolute atomic E-state index is 12.8. The van der Waals surface area contributed by atoms with E-state index in [1.54, 1.807) is 7.11 Å². The van der Waals surface area contributed by atoms with Crippen LogP contribution in [0.15, 0.2) is 0 Å². The van der Waals surface area contributed by atoms with Gasteiger partial charge in [0.15, 0.2) is 5.79 Å². The van der Waals surface area contributed by atoms with Gasteiger partial charge in [0.25, 0.3) is 0 Å². The van der Waals surface area contributed by atoms with Crippen LogP contribution >= 0.6 is 0 Å². The van der Waals surface area contributed by atoms with E-state index in [1.807, 2.05) is 4.90 Å². The van der Waals surface area contributed by atoms with Crippen LogP contribution in [0.25, 0.3) is 0 Å². The van der Waals surface area contributed by atoms with E-state index in [-0.39, 0.29) is 23.7 Å². The van der Waals surface area contributed by atoms with Crippen molar-refractivity contribution in [1.82, 2.24) is 10.2 Å². The topological polar surface area (TPSA) is 77.1 Å². The van der Waals surface area contributed by atoms with Gasteiger partial charge < -0.3 is 24.4 Å². The zero-order chi connectivity index (χ0) is 18.4. The van der Waals surface area contributed by atoms with Gasteiger partial charge in [-0.2, -0.15) is 0 Å². The Hall–Kier alpha value is -1.18. The molecule has 3 rings (SSSR count). The molecule has 0 radical (unpaired) electrons. The summed E-state index contributed by atoms with van der Waals surface area (Å²) in [6, 6.07) is 0. The zero-order valence-corrected chi connectivity index (χ0v) is 15.8. The van der Waals surface area contributed by atoms with E-state index in [1.165, 1.54) is 0 Å². The molecule has 1 saturated carbocycles. The minimum absolute atomic E-state index is 0.0477. The minimum Gasteiger partial charge on any atom is -0.385 e. The van der Waals surface area contributed by atoms with Gasteiger partial charge in [0, 0.05) is 58.0 Å². The van der Waals surface area contributed by atoms with Crippen molar-refractivity contribution in [3.8, 4) is 0 Å². The molecule has 2 saturated heterocycles. The van der Waals surface area contributed by atoms with Gasteiger partial charge in [-0.3, -0.25) is 9.59 Å². The predicted molar refractivity (Wildman–Crippen MR) is 95.4 cm³/mol. The Bertz CT molecular complexity index is 474. The number of ether oxygens (including phenoxy) is 3. The standard InChI is InChI=1S/C19H32N2O5/c1-24-12-2-9-20-17(22)15-3-5-16(6-4-15)18(23)21-10-7-19(8-11-21)25-13-14-26-19/h15-16H,2-14H2,1H3,(H,20,22). The predicted octanol–water partition coefficient (Wildman–Crippen LogP) is 1.31. The number of carbonyl (C=O) groups excluding carboxylic acids is 2. The van der Waals surface area contributed by atoms with Gasteiger partial charge in [-0.25, -0.2) is 0 Å². The summed E-state index contributed by atoms with van der Waals surface area (Å²) < 4.78 is 16.4. The SMILES string of the molecule is COCCCNC(=O)C1CCC(C(=O)N2CCC3(CC2)OCCO3)CC1. The number of nitrogens with one attached hydrogen (secondary N) is 1. The second kappa shape index (κ2) is 9.15. The minimum atomic E-state index is -0.435. The van der Waals surface area contributed by atoms with Gasteiger partial charge in [-0.05, 0) is 32.1 Å². The zero-order valence-electron chi connectivity index (χ0n) is 15.8. The van der Waals surface area contributed by atoms with Crippen LogP contribution in [0.1, 0.15) is 44.9 Å². The highest BCUT2D eigenvalue weighted by molar-refractivity contribution is 5.81. The van der Waals surface area contributed by atoms with Crippen LogP contribution < -0.4 is 5.32 Å². The number of rotatable bonds is 6. The third-order valence-electron chi connectivity index (χ3n) is 5.92. The first-order chi connectivity index (χ1) is 12.6. The molecule has 7 nitrogen and oxygen atoms in total. The molecule has 2 heterocycles. The van der Waals surface area contributed by atoms with Crippen molar-refractivity contribution in [2.24, 2.45) is 11.8 Å². The normalized spacial score (nSPS) is 28.3. The third kappa shape index (κ3) is 4.75. The molecule has 7 heteroatoms. The van der Waals surface area contributed by atoms with Crippen LogP contribution in [0.3, 0.4) is 0 Å². The molecule has 1 N–H and O–H groups in total. The average molecular weight is 368 g/mol. The van der Waals surface area contributed by atoms with Gasteiger partial charge >= 0.3 is 0 Å². The highest BCUT2D eigenvalue weighted by atomic mass is 16.7. The molecular weight excluding hydrogens is 336 g/mol. The van der Waals surface area contributed by atoms with Crippen molar-refractivity contribution < 1.29 is 23.8 Å². The van der Waals surface area contributed by atoms with E-state index in [9.17, 15) is 9.59 Å². The van der Waals surface area contributed by atoms with Crippen molar-refractivity contribution in [1.29, 1.82) is 0 Å². The van der Waals surface area contributed by atoms with E-state index < -0.39 is 5.79 Å². The molecule has 2 aliphatic heterocycles. The first kappa shape index (κ1) is 19.6. The lowest BCUT2D eigenvalue weighted by atomic mass is 9.80. The summed E-state index contributed by atoms with van der Waals surface area (Å²) in [5, 5.41) is 2.98. The number of hydrogen-bond acceptors (Lipinski definition) is 5. The number of piperidine rings is 1. The van der Waals surface area contributed by atoms with Gasteiger partial charge in [-0.1, -0.05) is 0 Å². The molecule has 3 fully saturated rings. The van der Waals surface area contributed by atoms with E-state index in [2.05, 4.69) is 5.32 Å². The number of hydrogen-bond donors (Lipinski definition) is 1. The number of carbonyl (C=O) groups is 2. The first-order valence-electron chi connectivity index (χ1n) is 9.97. The Balaban J connectivity index is 1.38. The molecule has 0 aromatic carbocycles. The van der Waals surface area contributed by atoms with Crippen LogP contribution in [0.2, 0.25) is 0 Å². The van der Waals surface area contributed by atoms with Crippen molar-refractivity contribution in [3.63, 3.8) is 0 Å². The average Bonchev–Trinajstić information content (AvgIpc) is 3.13. The fourth-order valence-corrected chi connectivity index (χ4v) is 4.29. The van der Waals surface area contributed by atoms with Gasteiger partial charge in [-0.15, -0.1) is 0 Å². The van der Waals surface area contributed by atoms with Gasteiger partial charge in [0.1, 0.15) is 0 Å². The summed E-state index contributed by atoms with van der Waals surface area (Å²) >= 11 is 0. The number of methoxy groups -OCH3 is 1. The molecule has 0 atom stereocenters. The maximum Gasteiger partial charge on any atom is 0.225 e. The second-order valence-electron chi connectivity index (χ2n) is 7.62. The van der Waals surface area contributed by atoms with Crippen molar-refractivity contribution >= 4 is 11.8 Å². The largest absolute Gasteiger partial charge is 0.385 e. The number of nitrogens with zero attached hydrogens (tertiary/aromatic N) is 1. The van der Waals surface area contributed by atoms with Crippen LogP contribution in [-0.4, -0.2) is 69.1 Å². The lowest BCUT2D eigenvalue weighted by molar-refractivity contribution is -0.188. The summed E-state index contributed by atoms with van der Waals surface area (Å²) in [6.07, 6.45) is 5.58. The molecule has 1 aliphatic carbocycles. The third-order valence-corrected chi connectivity index (χ3v) is 5.92. The van der Waals surface area contributed by atoms with Crippen LogP contribution in [0, 0.1) is 11.8 Å². The summed E-state index contributed by atoms with van der Waals surface area (Å²) in [4.78, 5) is 27.0. The molecule has 0 bridgehead atoms. The van der Waals surface area contributed by atoms with E-state index >= 15 is 0 Å². The van der Waals surface area contributed by atoms with Crippen LogP contribution in [0.5, 0.6) is 0 Å². The Labute approximate surface area is 155 Å². The van der Waals surface area contributed by atoms with E-state index in [4.69, 9.17) is 14.2 Å². The Morgan fingerprint density at radius 1 is 1.08 bits per heavy atom. The summed E-state index contributed by atoms with van der Waals surface area (Å²) in [7, 11) is 1.66. The fraction of sp³-hybridized carbons (Fsp3) is 0.895. The van der Waals surface area contributed by atoms with Crippen molar-refractivity contribution in [3.05, 3.63) is 0 Å². The number of likely N-dealkylation sites (tertiary alicyclic amines) is 1. The van der Waals surface area contributed by atoms with Gasteiger partial charge in [0.05, 0.1) is 13.2 Å². The Morgan fingerprint density at radius 3 is 2.31 bits per heavy atom. The lowest BCUT2D eigenvalue weighted by Crippen LogP contribution is -2.49. The smallest absolute Gasteiger partial charge is 0.225 e. The molecule has 3 aliphatic rings. The molecular formula is C19H32N2O5. The monoisotopic (exact) mass is 368 g/mol. The molecule has 2 amide bonds. The van der Waals surface area contributed by atoms with Crippen molar-refractivity contribution in [2.75, 3.05) is 46.6 Å². The summed E-state index contributed by atoms with van der Waals surface area (Å²) in [5.41, 5.74) is 0. The number of amides is 2. The molecule has 0 aromatic heterocycles. The molecule has 148 valence electrons.